The van der Waals surface area contributed by atoms with Gasteiger partial charge in [0.05, 0.1) is 18.0 Å². The van der Waals surface area contributed by atoms with E-state index >= 15 is 0 Å². The van der Waals surface area contributed by atoms with Gasteiger partial charge in [-0.2, -0.15) is 0 Å². The maximum atomic E-state index is 13.9. The largest absolute Gasteiger partial charge is 0.493 e. The van der Waals surface area contributed by atoms with Gasteiger partial charge in [-0.25, -0.2) is 4.98 Å². The molecule has 0 atom stereocenters. The van der Waals surface area contributed by atoms with E-state index in [4.69, 9.17) is 18.9 Å². The molecule has 0 unspecified atom stereocenters. The molecule has 1 aromatic heterocycles. The van der Waals surface area contributed by atoms with Crippen LogP contribution in [0, 0.1) is 0 Å². The fraction of sp³-hybridized carbons (Fsp3) is 0.138. The Labute approximate surface area is 223 Å². The van der Waals surface area contributed by atoms with Crippen molar-refractivity contribution in [2.45, 2.75) is 20.8 Å². The molecule has 0 bridgehead atoms. The van der Waals surface area contributed by atoms with Crippen molar-refractivity contribution >= 4 is 41.0 Å². The lowest BCUT2D eigenvalue weighted by Crippen LogP contribution is -2.24. The third kappa shape index (κ3) is 5.85. The predicted octanol–water partition coefficient (Wildman–Crippen LogP) is 4.34. The van der Waals surface area contributed by atoms with Crippen molar-refractivity contribution in [3.05, 3.63) is 82.4 Å². The molecule has 3 aromatic carbocycles. The first-order chi connectivity index (χ1) is 18.7. The second kappa shape index (κ2) is 11.4. The van der Waals surface area contributed by atoms with Gasteiger partial charge in [0.25, 0.3) is 5.56 Å². The van der Waals surface area contributed by atoms with E-state index in [0.717, 1.165) is 0 Å². The Bertz CT molecular complexity index is 1650. The number of hydrogen-bond acceptors (Lipinski definition) is 9. The third-order valence-electron chi connectivity index (χ3n) is 5.38. The highest BCUT2D eigenvalue weighted by atomic mass is 16.6. The van der Waals surface area contributed by atoms with Crippen molar-refractivity contribution in [3.63, 3.8) is 0 Å². The summed E-state index contributed by atoms with van der Waals surface area (Å²) in [5.74, 6) is -1.24. The minimum absolute atomic E-state index is 0.0108. The number of fused-ring (bicyclic) bond motifs is 1. The van der Waals surface area contributed by atoms with Gasteiger partial charge in [-0.1, -0.05) is 30.3 Å². The summed E-state index contributed by atoms with van der Waals surface area (Å²) in [6.07, 6.45) is 3.12. The summed E-state index contributed by atoms with van der Waals surface area (Å²) < 4.78 is 22.7. The van der Waals surface area contributed by atoms with Gasteiger partial charge in [0.15, 0.2) is 23.0 Å². The lowest BCUT2D eigenvalue weighted by Gasteiger charge is -2.18. The number of aromatic nitrogens is 2. The number of hydrogen-bond donors (Lipinski definition) is 0. The molecule has 0 saturated carbocycles. The maximum Gasteiger partial charge on any atom is 0.308 e. The van der Waals surface area contributed by atoms with Crippen molar-refractivity contribution in [2.75, 3.05) is 7.11 Å². The minimum Gasteiger partial charge on any atom is -0.493 e. The summed E-state index contributed by atoms with van der Waals surface area (Å²) in [5, 5.41) is 0.281. The van der Waals surface area contributed by atoms with E-state index in [2.05, 4.69) is 4.98 Å². The molecule has 198 valence electrons. The van der Waals surface area contributed by atoms with Crippen LogP contribution in [0.15, 0.2) is 65.5 Å². The van der Waals surface area contributed by atoms with Crippen molar-refractivity contribution in [3.8, 4) is 28.7 Å². The number of nitrogens with zero attached hydrogens (tertiary/aromatic N) is 2. The Hall–Kier alpha value is -5.25. The molecule has 0 aliphatic carbocycles. The van der Waals surface area contributed by atoms with E-state index in [1.807, 2.05) is 0 Å². The Morgan fingerprint density at radius 3 is 1.95 bits per heavy atom. The zero-order valence-electron chi connectivity index (χ0n) is 21.6. The summed E-state index contributed by atoms with van der Waals surface area (Å²) in [4.78, 5) is 54.1. The van der Waals surface area contributed by atoms with Crippen molar-refractivity contribution in [2.24, 2.45) is 0 Å². The van der Waals surface area contributed by atoms with Gasteiger partial charge >= 0.3 is 17.9 Å². The Balaban J connectivity index is 2.03. The van der Waals surface area contributed by atoms with Crippen molar-refractivity contribution in [1.29, 1.82) is 0 Å². The van der Waals surface area contributed by atoms with Crippen LogP contribution in [0.1, 0.15) is 32.2 Å². The molecule has 4 aromatic rings. The van der Waals surface area contributed by atoms with Crippen LogP contribution in [0.4, 0.5) is 0 Å². The van der Waals surface area contributed by atoms with Gasteiger partial charge in [-0.05, 0) is 42.5 Å². The molecular formula is C29H24N2O8. The number of carbonyl (C=O) groups is 3. The molecule has 10 nitrogen and oxygen atoms in total. The number of benzene rings is 3. The van der Waals surface area contributed by atoms with Gasteiger partial charge in [-0.3, -0.25) is 23.7 Å². The number of ether oxygens (including phenoxy) is 4. The minimum atomic E-state index is -0.641. The number of rotatable bonds is 7. The molecule has 39 heavy (non-hydrogen) atoms. The van der Waals surface area contributed by atoms with E-state index in [-0.39, 0.29) is 34.1 Å². The quantitative estimate of drug-likeness (QED) is 0.255. The molecule has 0 amide bonds. The maximum absolute atomic E-state index is 13.9. The van der Waals surface area contributed by atoms with Gasteiger partial charge in [0.2, 0.25) is 0 Å². The number of carbonyl (C=O) groups excluding carboxylic acids is 3. The monoisotopic (exact) mass is 528 g/mol. The summed E-state index contributed by atoms with van der Waals surface area (Å²) >= 11 is 0. The van der Waals surface area contributed by atoms with Gasteiger partial charge in [-0.15, -0.1) is 0 Å². The van der Waals surface area contributed by atoms with E-state index in [9.17, 15) is 19.2 Å². The zero-order valence-corrected chi connectivity index (χ0v) is 21.6. The highest BCUT2D eigenvalue weighted by Crippen LogP contribution is 2.35. The van der Waals surface area contributed by atoms with Gasteiger partial charge in [0, 0.05) is 26.3 Å². The molecule has 0 N–H and O–H groups in total. The molecule has 0 aliphatic heterocycles. The Kier molecular flexibility index (Phi) is 7.85. The van der Waals surface area contributed by atoms with E-state index in [1.165, 1.54) is 56.7 Å². The van der Waals surface area contributed by atoms with Crippen molar-refractivity contribution in [1.82, 2.24) is 9.55 Å². The van der Waals surface area contributed by atoms with Crippen LogP contribution < -0.4 is 24.5 Å². The van der Waals surface area contributed by atoms with E-state index < -0.39 is 23.5 Å². The van der Waals surface area contributed by atoms with Gasteiger partial charge < -0.3 is 18.9 Å². The second-order valence-electron chi connectivity index (χ2n) is 8.22. The average molecular weight is 529 g/mol. The first-order valence-electron chi connectivity index (χ1n) is 11.7. The van der Waals surface area contributed by atoms with Crippen LogP contribution in [-0.4, -0.2) is 34.6 Å². The fourth-order valence-corrected chi connectivity index (χ4v) is 3.92. The fourth-order valence-electron chi connectivity index (χ4n) is 3.92. The smallest absolute Gasteiger partial charge is 0.308 e. The van der Waals surface area contributed by atoms with Gasteiger partial charge in [0.1, 0.15) is 11.5 Å². The predicted molar refractivity (Wildman–Crippen MR) is 143 cm³/mol. The van der Waals surface area contributed by atoms with Crippen LogP contribution >= 0.6 is 0 Å². The molecule has 4 rings (SSSR count). The molecule has 0 saturated heterocycles. The molecule has 1 heterocycles. The molecule has 0 fully saturated rings. The summed E-state index contributed by atoms with van der Waals surface area (Å²) in [5.41, 5.74) is 0.381. The van der Waals surface area contributed by atoms with Crippen LogP contribution in [-0.2, 0) is 14.4 Å². The number of methoxy groups -OCH3 is 1. The normalized spacial score (nSPS) is 10.9. The highest BCUT2D eigenvalue weighted by Gasteiger charge is 2.22. The third-order valence-corrected chi connectivity index (χ3v) is 5.38. The molecule has 0 spiro atoms. The SMILES string of the molecule is COc1cccc(C=Cc2nc3ccccc3c(=O)n2-c2c(OC(C)=O)cccc2OC(C)=O)c1OC(C)=O. The standard InChI is InChI=1S/C29H24N2O8/c1-17(32)37-23-12-8-13-24(38-18(2)33)27(23)31-26(30-22-11-6-5-10-21(22)29(31)35)16-15-20-9-7-14-25(36-4)28(20)39-19(3)34/h5-16H,1-4H3. The first-order valence-corrected chi connectivity index (χ1v) is 11.7. The lowest BCUT2D eigenvalue weighted by molar-refractivity contribution is -0.133. The zero-order chi connectivity index (χ0) is 28.1. The molecule has 0 radical (unpaired) electrons. The molecular weight excluding hydrogens is 504 g/mol. The van der Waals surface area contributed by atoms with E-state index in [1.54, 1.807) is 48.5 Å². The summed E-state index contributed by atoms with van der Waals surface area (Å²) in [6.45, 7) is 3.69. The number of para-hydroxylation sites is 3. The Morgan fingerprint density at radius 1 is 0.744 bits per heavy atom. The molecule has 0 aliphatic rings. The van der Waals surface area contributed by atoms with Crippen LogP contribution in [0.5, 0.6) is 23.0 Å². The van der Waals surface area contributed by atoms with Crippen LogP contribution in [0.3, 0.4) is 0 Å². The van der Waals surface area contributed by atoms with E-state index in [0.29, 0.717) is 16.8 Å². The summed E-state index contributed by atoms with van der Waals surface area (Å²) in [7, 11) is 1.45. The van der Waals surface area contributed by atoms with Crippen LogP contribution in [0.25, 0.3) is 28.7 Å². The number of esters is 3. The Morgan fingerprint density at radius 2 is 1.33 bits per heavy atom. The first kappa shape index (κ1) is 26.8. The second-order valence-corrected chi connectivity index (χ2v) is 8.22. The van der Waals surface area contributed by atoms with Crippen molar-refractivity contribution < 1.29 is 33.3 Å². The summed E-state index contributed by atoms with van der Waals surface area (Å²) in [6, 6.07) is 16.2. The molecule has 10 heteroatoms. The average Bonchev–Trinajstić information content (AvgIpc) is 2.88. The highest BCUT2D eigenvalue weighted by molar-refractivity contribution is 5.83. The topological polar surface area (TPSA) is 123 Å². The van der Waals surface area contributed by atoms with Crippen LogP contribution in [0.2, 0.25) is 0 Å². The lowest BCUT2D eigenvalue weighted by atomic mass is 10.1.